The lowest BCUT2D eigenvalue weighted by atomic mass is 10.0. The summed E-state index contributed by atoms with van der Waals surface area (Å²) >= 11 is 0. The largest absolute Gasteiger partial charge is 0.368 e. The second-order valence-corrected chi connectivity index (χ2v) is 7.69. The molecular formula is C16H27N5. The fourth-order valence-corrected chi connectivity index (χ4v) is 3.86. The van der Waals surface area contributed by atoms with Crippen LogP contribution in [-0.4, -0.2) is 35.6 Å². The zero-order valence-electron chi connectivity index (χ0n) is 13.8. The molecule has 1 saturated carbocycles. The molecule has 5 heteroatoms. The van der Waals surface area contributed by atoms with Crippen molar-refractivity contribution in [2.24, 2.45) is 10.8 Å². The highest BCUT2D eigenvalue weighted by Crippen LogP contribution is 2.73. The lowest BCUT2D eigenvalue weighted by Crippen LogP contribution is -2.49. The molecule has 1 atom stereocenters. The molecule has 3 N–H and O–H groups in total. The van der Waals surface area contributed by atoms with Gasteiger partial charge in [0, 0.05) is 37.7 Å². The Morgan fingerprint density at radius 1 is 1.24 bits per heavy atom. The molecule has 1 aromatic rings. The molecule has 1 aliphatic carbocycles. The van der Waals surface area contributed by atoms with Crippen LogP contribution < -0.4 is 16.0 Å². The zero-order chi connectivity index (χ0) is 15.4. The van der Waals surface area contributed by atoms with Crippen molar-refractivity contribution in [3.63, 3.8) is 0 Å². The molecule has 21 heavy (non-hydrogen) atoms. The molecule has 1 aromatic heterocycles. The number of anilines is 2. The number of nitrogens with one attached hydrogen (secondary N) is 1. The Morgan fingerprint density at radius 2 is 1.90 bits per heavy atom. The van der Waals surface area contributed by atoms with Crippen molar-refractivity contribution in [3.8, 4) is 0 Å². The standard InChI is InChI=1S/C16H27N5/c1-10-9-21(7-6-18-10)12-8-11(19-14(17)20-12)13-15(2,3)16(13,4)5/h8,10,13,18H,6-7,9H2,1-5H3,(H2,17,19,20). The van der Waals surface area contributed by atoms with E-state index in [9.17, 15) is 0 Å². The molecule has 2 aliphatic rings. The fraction of sp³-hybridized carbons (Fsp3) is 0.750. The number of nitrogens with zero attached hydrogens (tertiary/aromatic N) is 3. The van der Waals surface area contributed by atoms with Crippen LogP contribution in [0.15, 0.2) is 6.07 Å². The second kappa shape index (κ2) is 4.57. The first-order valence-corrected chi connectivity index (χ1v) is 7.86. The number of rotatable bonds is 2. The highest BCUT2D eigenvalue weighted by atomic mass is 15.3. The van der Waals surface area contributed by atoms with Gasteiger partial charge in [0.15, 0.2) is 0 Å². The Kier molecular flexibility index (Phi) is 3.17. The number of hydrogen-bond donors (Lipinski definition) is 2. The van der Waals surface area contributed by atoms with E-state index in [4.69, 9.17) is 5.73 Å². The normalized spacial score (nSPS) is 27.7. The highest BCUT2D eigenvalue weighted by molar-refractivity contribution is 5.47. The molecule has 0 bridgehead atoms. The first-order chi connectivity index (χ1) is 9.73. The van der Waals surface area contributed by atoms with Gasteiger partial charge in [0.2, 0.25) is 5.95 Å². The summed E-state index contributed by atoms with van der Waals surface area (Å²) in [5.41, 5.74) is 7.61. The maximum Gasteiger partial charge on any atom is 0.222 e. The van der Waals surface area contributed by atoms with Gasteiger partial charge in [0.05, 0.1) is 5.69 Å². The van der Waals surface area contributed by atoms with E-state index in [1.54, 1.807) is 0 Å². The molecule has 0 spiro atoms. The van der Waals surface area contributed by atoms with Gasteiger partial charge < -0.3 is 16.0 Å². The number of hydrogen-bond acceptors (Lipinski definition) is 5. The molecule has 1 aliphatic heterocycles. The van der Waals surface area contributed by atoms with Gasteiger partial charge in [-0.1, -0.05) is 27.7 Å². The molecule has 3 rings (SSSR count). The lowest BCUT2D eigenvalue weighted by Gasteiger charge is -2.33. The molecule has 0 radical (unpaired) electrons. The quantitative estimate of drug-likeness (QED) is 0.872. The van der Waals surface area contributed by atoms with Gasteiger partial charge in [-0.25, -0.2) is 4.98 Å². The van der Waals surface area contributed by atoms with Crippen molar-refractivity contribution >= 4 is 11.8 Å². The van der Waals surface area contributed by atoms with Crippen LogP contribution >= 0.6 is 0 Å². The molecule has 5 nitrogen and oxygen atoms in total. The van der Waals surface area contributed by atoms with Crippen LogP contribution in [0.4, 0.5) is 11.8 Å². The highest BCUT2D eigenvalue weighted by Gasteiger charge is 2.66. The van der Waals surface area contributed by atoms with Gasteiger partial charge in [0.1, 0.15) is 5.82 Å². The Bertz CT molecular complexity index is 538. The van der Waals surface area contributed by atoms with Crippen LogP contribution in [0, 0.1) is 10.8 Å². The summed E-state index contributed by atoms with van der Waals surface area (Å²) < 4.78 is 0. The lowest BCUT2D eigenvalue weighted by molar-refractivity contribution is 0.457. The van der Waals surface area contributed by atoms with Crippen LogP contribution in [0.5, 0.6) is 0 Å². The van der Waals surface area contributed by atoms with Gasteiger partial charge >= 0.3 is 0 Å². The minimum Gasteiger partial charge on any atom is -0.368 e. The Labute approximate surface area is 127 Å². The third-order valence-electron chi connectivity index (χ3n) is 5.76. The van der Waals surface area contributed by atoms with Crippen molar-refractivity contribution in [1.29, 1.82) is 0 Å². The van der Waals surface area contributed by atoms with E-state index < -0.39 is 0 Å². The van der Waals surface area contributed by atoms with Crippen LogP contribution in [-0.2, 0) is 0 Å². The number of nitrogens with two attached hydrogens (primary N) is 1. The maximum absolute atomic E-state index is 5.98. The first-order valence-electron chi connectivity index (χ1n) is 7.86. The van der Waals surface area contributed by atoms with Gasteiger partial charge in [-0.05, 0) is 17.8 Å². The molecular weight excluding hydrogens is 262 g/mol. The van der Waals surface area contributed by atoms with Gasteiger partial charge in [0.25, 0.3) is 0 Å². The van der Waals surface area contributed by atoms with E-state index >= 15 is 0 Å². The van der Waals surface area contributed by atoms with Crippen molar-refractivity contribution in [3.05, 3.63) is 11.8 Å². The monoisotopic (exact) mass is 289 g/mol. The maximum atomic E-state index is 5.98. The zero-order valence-corrected chi connectivity index (χ0v) is 13.8. The number of aromatic nitrogens is 2. The van der Waals surface area contributed by atoms with E-state index in [0.29, 0.717) is 17.9 Å². The third-order valence-corrected chi connectivity index (χ3v) is 5.76. The van der Waals surface area contributed by atoms with E-state index in [1.807, 2.05) is 0 Å². The number of nitrogen functional groups attached to an aromatic ring is 1. The summed E-state index contributed by atoms with van der Waals surface area (Å²) in [5.74, 6) is 1.82. The second-order valence-electron chi connectivity index (χ2n) is 7.69. The van der Waals surface area contributed by atoms with E-state index in [-0.39, 0.29) is 10.8 Å². The number of piperazine rings is 1. The molecule has 0 aromatic carbocycles. The van der Waals surface area contributed by atoms with Crippen LogP contribution in [0.1, 0.15) is 46.2 Å². The third kappa shape index (κ3) is 2.27. The topological polar surface area (TPSA) is 67.1 Å². The molecule has 2 fully saturated rings. The summed E-state index contributed by atoms with van der Waals surface area (Å²) in [7, 11) is 0. The summed E-state index contributed by atoms with van der Waals surface area (Å²) in [4.78, 5) is 11.3. The molecule has 1 unspecified atom stereocenters. The fourth-order valence-electron chi connectivity index (χ4n) is 3.86. The van der Waals surface area contributed by atoms with Gasteiger partial charge in [-0.15, -0.1) is 0 Å². The van der Waals surface area contributed by atoms with Crippen molar-refractivity contribution in [2.75, 3.05) is 30.3 Å². The minimum absolute atomic E-state index is 0.266. The Morgan fingerprint density at radius 3 is 2.48 bits per heavy atom. The summed E-state index contributed by atoms with van der Waals surface area (Å²) in [6.45, 7) is 14.4. The molecule has 0 amide bonds. The van der Waals surface area contributed by atoms with Gasteiger partial charge in [-0.3, -0.25) is 0 Å². The molecule has 116 valence electrons. The van der Waals surface area contributed by atoms with E-state index in [2.05, 4.69) is 60.9 Å². The van der Waals surface area contributed by atoms with E-state index in [0.717, 1.165) is 31.1 Å². The summed E-state index contributed by atoms with van der Waals surface area (Å²) in [6, 6.07) is 2.63. The van der Waals surface area contributed by atoms with Crippen LogP contribution in [0.2, 0.25) is 0 Å². The molecule has 2 heterocycles. The smallest absolute Gasteiger partial charge is 0.222 e. The Hall–Kier alpha value is -1.36. The van der Waals surface area contributed by atoms with Crippen molar-refractivity contribution < 1.29 is 0 Å². The van der Waals surface area contributed by atoms with Crippen molar-refractivity contribution in [1.82, 2.24) is 15.3 Å². The minimum atomic E-state index is 0.266. The predicted octanol–water partition coefficient (Wildman–Crippen LogP) is 2.01. The van der Waals surface area contributed by atoms with Crippen LogP contribution in [0.3, 0.4) is 0 Å². The summed E-state index contributed by atoms with van der Waals surface area (Å²) in [6.07, 6.45) is 0. The average molecular weight is 289 g/mol. The van der Waals surface area contributed by atoms with Gasteiger partial charge in [-0.2, -0.15) is 4.98 Å². The average Bonchev–Trinajstić information content (AvgIpc) is 2.78. The van der Waals surface area contributed by atoms with Crippen molar-refractivity contribution in [2.45, 2.75) is 46.6 Å². The Balaban J connectivity index is 1.91. The first kappa shape index (κ1) is 14.6. The summed E-state index contributed by atoms with van der Waals surface area (Å²) in [5, 5.41) is 3.46. The SMILES string of the molecule is CC1CN(c2cc(C3C(C)(C)C3(C)C)nc(N)n2)CCN1. The predicted molar refractivity (Wildman–Crippen MR) is 86.4 cm³/mol. The van der Waals surface area contributed by atoms with Crippen LogP contribution in [0.25, 0.3) is 0 Å². The van der Waals surface area contributed by atoms with E-state index in [1.165, 1.54) is 0 Å². The molecule has 1 saturated heterocycles.